The van der Waals surface area contributed by atoms with Crippen LogP contribution in [0.5, 0.6) is 0 Å². The highest BCUT2D eigenvalue weighted by molar-refractivity contribution is 6.18. The summed E-state index contributed by atoms with van der Waals surface area (Å²) >= 11 is 5.81. The van der Waals surface area contributed by atoms with Gasteiger partial charge in [0.1, 0.15) is 24.6 Å². The molecule has 1 saturated heterocycles. The third-order valence-corrected chi connectivity index (χ3v) is 6.49. The number of nitrogens with one attached hydrogen (secondary N) is 1. The number of hydrogen-bond acceptors (Lipinski definition) is 7. The summed E-state index contributed by atoms with van der Waals surface area (Å²) in [6.07, 6.45) is 4.66. The van der Waals surface area contributed by atoms with E-state index in [1.807, 2.05) is 0 Å². The predicted octanol–water partition coefficient (Wildman–Crippen LogP) is 1.28. The highest BCUT2D eigenvalue weighted by atomic mass is 35.5. The molecule has 7 atom stereocenters. The normalized spacial score (nSPS) is 39.1. The van der Waals surface area contributed by atoms with Crippen LogP contribution in [0.2, 0.25) is 0 Å². The van der Waals surface area contributed by atoms with E-state index in [1.165, 1.54) is 32.0 Å². The van der Waals surface area contributed by atoms with Crippen molar-refractivity contribution in [3.8, 4) is 0 Å². The molecule has 3 heterocycles. The van der Waals surface area contributed by atoms with Crippen molar-refractivity contribution in [3.05, 3.63) is 12.7 Å². The minimum Gasteiger partial charge on any atom is -0.387 e. The summed E-state index contributed by atoms with van der Waals surface area (Å²) in [5.74, 6) is 2.37. The number of nitrogens with zero attached hydrogens (tertiary/aromatic N) is 4. The molecule has 0 aromatic carbocycles. The highest BCUT2D eigenvalue weighted by Crippen LogP contribution is 2.45. The molecule has 3 fully saturated rings. The van der Waals surface area contributed by atoms with E-state index in [9.17, 15) is 10.2 Å². The Kier molecular flexibility index (Phi) is 4.04. The average Bonchev–Trinajstić information content (AvgIpc) is 3.41. The second-order valence-electron chi connectivity index (χ2n) is 7.67. The maximum absolute atomic E-state index is 10.3. The minimum absolute atomic E-state index is 0.105. The molecule has 2 aromatic heterocycles. The number of anilines is 1. The minimum atomic E-state index is -1.09. The lowest BCUT2D eigenvalue weighted by atomic mass is 9.95. The standard InChI is InChI=1S/C17H22ClN5O3/c18-5-11-13(24)14(25)17(26-11)23-7-21-12-15(19-6-20-16(12)23)22-10-4-8-1-2-9(10)3-8/h6-11,13-14,17,24-25H,1-5H2,(H,19,20,22)/t8?,9?,10?,11-,13?,14+,17-/m1/s1. The molecule has 140 valence electrons. The number of hydrogen-bond donors (Lipinski definition) is 3. The maximum Gasteiger partial charge on any atom is 0.167 e. The summed E-state index contributed by atoms with van der Waals surface area (Å²) in [7, 11) is 0. The summed E-state index contributed by atoms with van der Waals surface area (Å²) in [4.78, 5) is 13.2. The van der Waals surface area contributed by atoms with Gasteiger partial charge in [-0.2, -0.15) is 0 Å². The molecule has 26 heavy (non-hydrogen) atoms. The van der Waals surface area contributed by atoms with E-state index in [2.05, 4.69) is 20.3 Å². The molecule has 4 unspecified atom stereocenters. The summed E-state index contributed by atoms with van der Waals surface area (Å²) in [5, 5.41) is 23.9. The van der Waals surface area contributed by atoms with E-state index < -0.39 is 24.5 Å². The van der Waals surface area contributed by atoms with Gasteiger partial charge >= 0.3 is 0 Å². The molecular weight excluding hydrogens is 358 g/mol. The Morgan fingerprint density at radius 1 is 1.19 bits per heavy atom. The number of aromatic nitrogens is 4. The van der Waals surface area contributed by atoms with Gasteiger partial charge in [0, 0.05) is 6.04 Å². The lowest BCUT2D eigenvalue weighted by Gasteiger charge is -2.23. The van der Waals surface area contributed by atoms with Crippen LogP contribution in [0, 0.1) is 11.8 Å². The Morgan fingerprint density at radius 2 is 2.08 bits per heavy atom. The van der Waals surface area contributed by atoms with Crippen molar-refractivity contribution in [1.82, 2.24) is 19.5 Å². The molecule has 2 saturated carbocycles. The van der Waals surface area contributed by atoms with Gasteiger partial charge in [-0.05, 0) is 31.1 Å². The van der Waals surface area contributed by atoms with Gasteiger partial charge in [-0.3, -0.25) is 4.57 Å². The van der Waals surface area contributed by atoms with Gasteiger partial charge in [0.2, 0.25) is 0 Å². The largest absolute Gasteiger partial charge is 0.387 e. The fourth-order valence-corrected chi connectivity index (χ4v) is 5.08. The number of rotatable bonds is 4. The van der Waals surface area contributed by atoms with Gasteiger partial charge in [0.25, 0.3) is 0 Å². The summed E-state index contributed by atoms with van der Waals surface area (Å²) in [6.45, 7) is 0. The molecule has 8 nitrogen and oxygen atoms in total. The average molecular weight is 380 g/mol. The van der Waals surface area contributed by atoms with Crippen LogP contribution >= 0.6 is 11.6 Å². The maximum atomic E-state index is 10.3. The first-order chi connectivity index (χ1) is 12.7. The van der Waals surface area contributed by atoms with Crippen molar-refractivity contribution < 1.29 is 14.9 Å². The van der Waals surface area contributed by atoms with Crippen LogP contribution in [0.25, 0.3) is 11.2 Å². The Labute approximate surface area is 155 Å². The number of aliphatic hydroxyl groups excluding tert-OH is 2. The van der Waals surface area contributed by atoms with E-state index in [0.29, 0.717) is 28.9 Å². The fraction of sp³-hybridized carbons (Fsp3) is 0.706. The first-order valence-corrected chi connectivity index (χ1v) is 9.70. The van der Waals surface area contributed by atoms with E-state index in [1.54, 1.807) is 10.9 Å². The molecule has 3 N–H and O–H groups in total. The van der Waals surface area contributed by atoms with Gasteiger partial charge in [0.15, 0.2) is 23.2 Å². The van der Waals surface area contributed by atoms with Gasteiger partial charge < -0.3 is 20.3 Å². The summed E-state index contributed by atoms with van der Waals surface area (Å²) in [5.41, 5.74) is 1.21. The second kappa shape index (κ2) is 6.30. The third kappa shape index (κ3) is 2.51. The monoisotopic (exact) mass is 379 g/mol. The zero-order chi connectivity index (χ0) is 17.8. The van der Waals surface area contributed by atoms with Crippen LogP contribution < -0.4 is 5.32 Å². The molecule has 2 bridgehead atoms. The molecule has 9 heteroatoms. The van der Waals surface area contributed by atoms with Crippen LogP contribution in [0.3, 0.4) is 0 Å². The van der Waals surface area contributed by atoms with Crippen LogP contribution in [-0.2, 0) is 4.74 Å². The van der Waals surface area contributed by atoms with Gasteiger partial charge in [-0.1, -0.05) is 6.42 Å². The van der Waals surface area contributed by atoms with Gasteiger partial charge in [-0.15, -0.1) is 11.6 Å². The van der Waals surface area contributed by atoms with Crippen LogP contribution in [0.1, 0.15) is 31.9 Å². The molecule has 0 radical (unpaired) electrons. The summed E-state index contributed by atoms with van der Waals surface area (Å²) < 4.78 is 7.35. The zero-order valence-electron chi connectivity index (χ0n) is 14.2. The quantitative estimate of drug-likeness (QED) is 0.687. The van der Waals surface area contributed by atoms with Crippen molar-refractivity contribution >= 4 is 28.6 Å². The van der Waals surface area contributed by atoms with E-state index >= 15 is 0 Å². The highest BCUT2D eigenvalue weighted by Gasteiger charge is 2.44. The Morgan fingerprint density at radius 3 is 2.77 bits per heavy atom. The van der Waals surface area contributed by atoms with Crippen molar-refractivity contribution in [2.24, 2.45) is 11.8 Å². The fourth-order valence-electron chi connectivity index (χ4n) is 4.83. The van der Waals surface area contributed by atoms with Crippen molar-refractivity contribution in [1.29, 1.82) is 0 Å². The van der Waals surface area contributed by atoms with Crippen LogP contribution in [-0.4, -0.2) is 60.0 Å². The van der Waals surface area contributed by atoms with E-state index in [-0.39, 0.29) is 5.88 Å². The summed E-state index contributed by atoms with van der Waals surface area (Å²) in [6, 6.07) is 0.438. The second-order valence-corrected chi connectivity index (χ2v) is 7.98. The number of aliphatic hydroxyl groups is 2. The lowest BCUT2D eigenvalue weighted by Crippen LogP contribution is -2.32. The lowest BCUT2D eigenvalue weighted by molar-refractivity contribution is -0.0291. The molecule has 0 spiro atoms. The van der Waals surface area contributed by atoms with Gasteiger partial charge in [0.05, 0.1) is 12.2 Å². The Hall–Kier alpha value is -1.48. The van der Waals surface area contributed by atoms with Crippen molar-refractivity contribution in [3.63, 3.8) is 0 Å². The topological polar surface area (TPSA) is 105 Å². The molecular formula is C17H22ClN5O3. The van der Waals surface area contributed by atoms with Gasteiger partial charge in [-0.25, -0.2) is 15.0 Å². The first-order valence-electron chi connectivity index (χ1n) is 9.17. The van der Waals surface area contributed by atoms with E-state index in [0.717, 1.165) is 5.92 Å². The smallest absolute Gasteiger partial charge is 0.167 e. The third-order valence-electron chi connectivity index (χ3n) is 6.18. The molecule has 3 aliphatic rings. The number of alkyl halides is 1. The number of imidazole rings is 1. The van der Waals surface area contributed by atoms with Crippen LogP contribution in [0.15, 0.2) is 12.7 Å². The van der Waals surface area contributed by atoms with Crippen molar-refractivity contribution in [2.45, 2.75) is 56.3 Å². The first kappa shape index (κ1) is 16.7. The zero-order valence-corrected chi connectivity index (χ0v) is 15.0. The molecule has 5 rings (SSSR count). The SMILES string of the molecule is OC1[C@@H](CCl)O[C@@H](n2cnc3c(NC4CC5CCC4C5)ncnc32)[C@H]1O. The molecule has 1 aliphatic heterocycles. The molecule has 2 aliphatic carbocycles. The number of fused-ring (bicyclic) bond motifs is 3. The number of ether oxygens (including phenoxy) is 1. The molecule has 2 aromatic rings. The predicted molar refractivity (Wildman–Crippen MR) is 94.8 cm³/mol. The van der Waals surface area contributed by atoms with Crippen molar-refractivity contribution in [2.75, 3.05) is 11.2 Å². The molecule has 0 amide bonds. The van der Waals surface area contributed by atoms with E-state index in [4.69, 9.17) is 16.3 Å². The van der Waals surface area contributed by atoms with Crippen LogP contribution in [0.4, 0.5) is 5.82 Å². The Balaban J connectivity index is 1.44. The number of halogens is 1. The Bertz CT molecular complexity index is 817.